The van der Waals surface area contributed by atoms with E-state index < -0.39 is 6.04 Å². The predicted molar refractivity (Wildman–Crippen MR) is 114 cm³/mol. The minimum Gasteiger partial charge on any atom is -0.297 e. The van der Waals surface area contributed by atoms with Crippen LogP contribution in [0, 0.1) is 5.92 Å². The fourth-order valence-corrected chi connectivity index (χ4v) is 4.19. The van der Waals surface area contributed by atoms with Gasteiger partial charge in [0, 0.05) is 6.42 Å². The number of aryl methyl sites for hydroxylation is 2. The van der Waals surface area contributed by atoms with E-state index in [0.717, 1.165) is 29.5 Å². The van der Waals surface area contributed by atoms with Crippen LogP contribution in [0.4, 0.5) is 0 Å². The Morgan fingerprint density at radius 3 is 1.83 bits per heavy atom. The van der Waals surface area contributed by atoms with Crippen molar-refractivity contribution < 1.29 is 14.4 Å². The first-order valence-electron chi connectivity index (χ1n) is 10.5. The molecule has 2 aromatic rings. The summed E-state index contributed by atoms with van der Waals surface area (Å²) in [4.78, 5) is 40.6. The van der Waals surface area contributed by atoms with Gasteiger partial charge in [-0.3, -0.25) is 19.3 Å². The molecule has 0 spiro atoms. The third-order valence-corrected chi connectivity index (χ3v) is 5.69. The highest BCUT2D eigenvalue weighted by atomic mass is 16.2. The zero-order valence-corrected chi connectivity index (χ0v) is 17.7. The highest BCUT2D eigenvalue weighted by molar-refractivity contribution is 6.23. The molecule has 2 aromatic carbocycles. The zero-order chi connectivity index (χ0) is 21.1. The van der Waals surface area contributed by atoms with Crippen LogP contribution in [0.3, 0.4) is 0 Å². The standard InChI is InChI=1S/C25H29NO3/c1-5-17-10-9-11-18(6-2)21(17)15-23(27)22(14-16(3)4)26-24(28)19-12-7-8-13-20(19)25(26)29/h7-13,16,22H,5-6,14-15H2,1-4H3. The predicted octanol–water partition coefficient (Wildman–Crippen LogP) is 4.63. The Balaban J connectivity index is 1.96. The summed E-state index contributed by atoms with van der Waals surface area (Å²) in [7, 11) is 0. The monoisotopic (exact) mass is 391 g/mol. The average molecular weight is 392 g/mol. The van der Waals surface area contributed by atoms with Crippen molar-refractivity contribution in [1.29, 1.82) is 0 Å². The molecule has 0 saturated heterocycles. The van der Waals surface area contributed by atoms with Gasteiger partial charge < -0.3 is 0 Å². The highest BCUT2D eigenvalue weighted by Gasteiger charge is 2.42. The van der Waals surface area contributed by atoms with Gasteiger partial charge in [0.15, 0.2) is 5.78 Å². The lowest BCUT2D eigenvalue weighted by atomic mass is 9.89. The fraction of sp³-hybridized carbons (Fsp3) is 0.400. The number of hydrogen-bond acceptors (Lipinski definition) is 3. The van der Waals surface area contributed by atoms with E-state index >= 15 is 0 Å². The molecule has 0 saturated carbocycles. The summed E-state index contributed by atoms with van der Waals surface area (Å²) in [6.45, 7) is 8.18. The maximum Gasteiger partial charge on any atom is 0.262 e. The van der Waals surface area contributed by atoms with Crippen molar-refractivity contribution in [2.24, 2.45) is 5.92 Å². The summed E-state index contributed by atoms with van der Waals surface area (Å²) in [5.74, 6) is -0.600. The SMILES string of the molecule is CCc1cccc(CC)c1CC(=O)C(CC(C)C)N1C(=O)c2ccccc2C1=O. The molecule has 0 aromatic heterocycles. The zero-order valence-electron chi connectivity index (χ0n) is 17.7. The Labute approximate surface area is 172 Å². The summed E-state index contributed by atoms with van der Waals surface area (Å²) in [6.07, 6.45) is 2.41. The largest absolute Gasteiger partial charge is 0.297 e. The maximum atomic E-state index is 13.5. The van der Waals surface area contributed by atoms with Crippen molar-refractivity contribution in [3.63, 3.8) is 0 Å². The maximum absolute atomic E-state index is 13.5. The Morgan fingerprint density at radius 2 is 1.38 bits per heavy atom. The van der Waals surface area contributed by atoms with Gasteiger partial charge in [-0.2, -0.15) is 0 Å². The second-order valence-electron chi connectivity index (χ2n) is 8.08. The van der Waals surface area contributed by atoms with Gasteiger partial charge in [-0.1, -0.05) is 58.0 Å². The molecule has 4 heteroatoms. The van der Waals surface area contributed by atoms with Crippen molar-refractivity contribution in [3.8, 4) is 0 Å². The first-order valence-corrected chi connectivity index (χ1v) is 10.5. The second-order valence-corrected chi connectivity index (χ2v) is 8.08. The summed E-state index contributed by atoms with van der Waals surface area (Å²) in [5, 5.41) is 0. The number of rotatable bonds is 8. The molecule has 29 heavy (non-hydrogen) atoms. The first kappa shape index (κ1) is 21.0. The van der Waals surface area contributed by atoms with Gasteiger partial charge in [0.2, 0.25) is 0 Å². The number of amides is 2. The molecule has 1 atom stereocenters. The van der Waals surface area contributed by atoms with Gasteiger partial charge in [0.1, 0.15) is 0 Å². The molecule has 1 heterocycles. The van der Waals surface area contributed by atoms with Crippen LogP contribution in [0.2, 0.25) is 0 Å². The number of Topliss-reactive ketones (excluding diaryl/α,β-unsaturated/α-hetero) is 1. The number of imide groups is 1. The number of fused-ring (bicyclic) bond motifs is 1. The van der Waals surface area contributed by atoms with Crippen molar-refractivity contribution in [1.82, 2.24) is 4.90 Å². The molecule has 1 unspecified atom stereocenters. The summed E-state index contributed by atoms with van der Waals surface area (Å²) < 4.78 is 0. The second kappa shape index (κ2) is 8.73. The van der Waals surface area contributed by atoms with Crippen LogP contribution in [0.5, 0.6) is 0 Å². The van der Waals surface area contributed by atoms with Gasteiger partial charge in [-0.05, 0) is 54.0 Å². The average Bonchev–Trinajstić information content (AvgIpc) is 2.96. The third kappa shape index (κ3) is 4.02. The Bertz CT molecular complexity index is 888. The quantitative estimate of drug-likeness (QED) is 0.616. The molecule has 1 aliphatic heterocycles. The number of carbonyl (C=O) groups excluding carboxylic acids is 3. The molecule has 1 aliphatic rings. The van der Waals surface area contributed by atoms with Gasteiger partial charge in [-0.25, -0.2) is 0 Å². The van der Waals surface area contributed by atoms with Gasteiger partial charge >= 0.3 is 0 Å². The molecule has 152 valence electrons. The summed E-state index contributed by atoms with van der Waals surface area (Å²) in [6, 6.07) is 12.2. The van der Waals surface area contributed by atoms with E-state index in [1.807, 2.05) is 19.9 Å². The minimum atomic E-state index is -0.739. The number of benzene rings is 2. The van der Waals surface area contributed by atoms with E-state index in [1.54, 1.807) is 24.3 Å². The van der Waals surface area contributed by atoms with E-state index in [2.05, 4.69) is 26.0 Å². The van der Waals surface area contributed by atoms with Crippen molar-refractivity contribution >= 4 is 17.6 Å². The third-order valence-electron chi connectivity index (χ3n) is 5.69. The van der Waals surface area contributed by atoms with E-state index in [4.69, 9.17) is 0 Å². The molecular formula is C25H29NO3. The Kier molecular flexibility index (Phi) is 6.31. The number of carbonyl (C=O) groups is 3. The van der Waals surface area contributed by atoms with Crippen molar-refractivity contribution in [3.05, 3.63) is 70.3 Å². The number of ketones is 1. The smallest absolute Gasteiger partial charge is 0.262 e. The number of nitrogens with zero attached hydrogens (tertiary/aromatic N) is 1. The van der Waals surface area contributed by atoms with Crippen LogP contribution >= 0.6 is 0 Å². The molecule has 3 rings (SSSR count). The highest BCUT2D eigenvalue weighted by Crippen LogP contribution is 2.28. The summed E-state index contributed by atoms with van der Waals surface area (Å²) >= 11 is 0. The van der Waals surface area contributed by atoms with Crippen LogP contribution in [-0.2, 0) is 24.1 Å². The van der Waals surface area contributed by atoms with E-state index in [0.29, 0.717) is 17.5 Å². The van der Waals surface area contributed by atoms with Crippen molar-refractivity contribution in [2.75, 3.05) is 0 Å². The van der Waals surface area contributed by atoms with Gasteiger partial charge in [0.25, 0.3) is 11.8 Å². The van der Waals surface area contributed by atoms with Gasteiger partial charge in [-0.15, -0.1) is 0 Å². The molecule has 0 N–H and O–H groups in total. The molecule has 0 radical (unpaired) electrons. The first-order chi connectivity index (χ1) is 13.9. The van der Waals surface area contributed by atoms with Crippen LogP contribution in [0.15, 0.2) is 42.5 Å². The lowest BCUT2D eigenvalue weighted by Gasteiger charge is -2.27. The van der Waals surface area contributed by atoms with Gasteiger partial charge in [0.05, 0.1) is 17.2 Å². The molecule has 2 amide bonds. The lowest BCUT2D eigenvalue weighted by molar-refractivity contribution is -0.122. The molecule has 4 nitrogen and oxygen atoms in total. The Morgan fingerprint density at radius 1 is 0.862 bits per heavy atom. The lowest BCUT2D eigenvalue weighted by Crippen LogP contribution is -2.46. The van der Waals surface area contributed by atoms with E-state index in [-0.39, 0.29) is 29.9 Å². The van der Waals surface area contributed by atoms with E-state index in [1.165, 1.54) is 4.90 Å². The van der Waals surface area contributed by atoms with Crippen molar-refractivity contribution in [2.45, 2.75) is 59.4 Å². The molecule has 0 aliphatic carbocycles. The normalized spacial score (nSPS) is 14.4. The molecule has 0 bridgehead atoms. The van der Waals surface area contributed by atoms with E-state index in [9.17, 15) is 14.4 Å². The minimum absolute atomic E-state index is 0.0659. The van der Waals surface area contributed by atoms with Crippen LogP contribution < -0.4 is 0 Å². The molecule has 0 fully saturated rings. The topological polar surface area (TPSA) is 54.5 Å². The fourth-order valence-electron chi connectivity index (χ4n) is 4.19. The van der Waals surface area contributed by atoms with Crippen LogP contribution in [0.1, 0.15) is 71.5 Å². The molecular weight excluding hydrogens is 362 g/mol. The van der Waals surface area contributed by atoms with Crippen LogP contribution in [-0.4, -0.2) is 28.5 Å². The van der Waals surface area contributed by atoms with Crippen LogP contribution in [0.25, 0.3) is 0 Å². The number of hydrogen-bond donors (Lipinski definition) is 0. The Hall–Kier alpha value is -2.75. The summed E-state index contributed by atoms with van der Waals surface area (Å²) in [5.41, 5.74) is 4.14.